The van der Waals surface area contributed by atoms with Gasteiger partial charge in [-0.05, 0) is 13.0 Å². The maximum absolute atomic E-state index is 5.25. The number of ether oxygens (including phenoxy) is 1. The van der Waals surface area contributed by atoms with Gasteiger partial charge in [-0.3, -0.25) is 9.58 Å². The number of benzene rings is 1. The van der Waals surface area contributed by atoms with Crippen LogP contribution in [0.5, 0.6) is 0 Å². The lowest BCUT2D eigenvalue weighted by atomic mass is 10.1. The summed E-state index contributed by atoms with van der Waals surface area (Å²) in [7, 11) is 3.75. The van der Waals surface area contributed by atoms with Crippen molar-refractivity contribution in [1.29, 1.82) is 0 Å². The predicted molar refractivity (Wildman–Crippen MR) is 90.7 cm³/mol. The summed E-state index contributed by atoms with van der Waals surface area (Å²) in [4.78, 5) is 2.45. The van der Waals surface area contributed by atoms with Crippen molar-refractivity contribution in [2.24, 2.45) is 7.05 Å². The molecule has 0 saturated heterocycles. The first-order valence-electron chi connectivity index (χ1n) is 8.03. The highest BCUT2D eigenvalue weighted by Crippen LogP contribution is 2.23. The number of rotatable bonds is 9. The minimum Gasteiger partial charge on any atom is -0.383 e. The first-order chi connectivity index (χ1) is 10.7. The zero-order valence-electron chi connectivity index (χ0n) is 14.0. The Morgan fingerprint density at radius 1 is 1.18 bits per heavy atom. The molecule has 0 saturated carbocycles. The molecule has 22 heavy (non-hydrogen) atoms. The molecule has 0 spiro atoms. The van der Waals surface area contributed by atoms with Crippen molar-refractivity contribution in [2.75, 3.05) is 26.8 Å². The van der Waals surface area contributed by atoms with E-state index in [0.29, 0.717) is 0 Å². The van der Waals surface area contributed by atoms with Crippen LogP contribution in [0.15, 0.2) is 36.5 Å². The molecule has 120 valence electrons. The molecule has 0 bridgehead atoms. The van der Waals surface area contributed by atoms with Crippen LogP contribution in [0.1, 0.15) is 25.3 Å². The van der Waals surface area contributed by atoms with Gasteiger partial charge in [0.2, 0.25) is 0 Å². The SMILES string of the molecule is CCCCN(CCOC)Cc1cn(C)nc1-c1ccccc1. The summed E-state index contributed by atoms with van der Waals surface area (Å²) in [6, 6.07) is 10.4. The molecule has 0 aliphatic heterocycles. The zero-order chi connectivity index (χ0) is 15.8. The van der Waals surface area contributed by atoms with Gasteiger partial charge in [-0.15, -0.1) is 0 Å². The maximum atomic E-state index is 5.25. The molecule has 1 aromatic carbocycles. The maximum Gasteiger partial charge on any atom is 0.0968 e. The van der Waals surface area contributed by atoms with Crippen LogP contribution in [0.4, 0.5) is 0 Å². The van der Waals surface area contributed by atoms with Crippen LogP contribution in [-0.4, -0.2) is 41.5 Å². The molecule has 0 atom stereocenters. The summed E-state index contributed by atoms with van der Waals surface area (Å²) >= 11 is 0. The lowest BCUT2D eigenvalue weighted by Crippen LogP contribution is -2.28. The number of nitrogens with zero attached hydrogens (tertiary/aromatic N) is 3. The highest BCUT2D eigenvalue weighted by Gasteiger charge is 2.13. The van der Waals surface area contributed by atoms with Crippen LogP contribution >= 0.6 is 0 Å². The third-order valence-corrected chi connectivity index (χ3v) is 3.79. The normalized spacial score (nSPS) is 11.3. The molecule has 1 aromatic heterocycles. The van der Waals surface area contributed by atoms with Gasteiger partial charge >= 0.3 is 0 Å². The average Bonchev–Trinajstić information content (AvgIpc) is 2.91. The summed E-state index contributed by atoms with van der Waals surface area (Å²) in [5.41, 5.74) is 3.54. The number of hydrogen-bond donors (Lipinski definition) is 0. The highest BCUT2D eigenvalue weighted by molar-refractivity contribution is 5.62. The van der Waals surface area contributed by atoms with Crippen molar-refractivity contribution in [2.45, 2.75) is 26.3 Å². The molecule has 0 aliphatic rings. The molecule has 2 aromatic rings. The fourth-order valence-electron chi connectivity index (χ4n) is 2.61. The van der Waals surface area contributed by atoms with Gasteiger partial charge in [0.1, 0.15) is 0 Å². The van der Waals surface area contributed by atoms with Crippen molar-refractivity contribution in [3.05, 3.63) is 42.1 Å². The lowest BCUT2D eigenvalue weighted by molar-refractivity contribution is 0.143. The first-order valence-corrected chi connectivity index (χ1v) is 8.03. The molecule has 0 fully saturated rings. The molecule has 2 rings (SSSR count). The Balaban J connectivity index is 2.16. The summed E-state index contributed by atoms with van der Waals surface area (Å²) in [5.74, 6) is 0. The second kappa shape index (κ2) is 8.71. The Kier molecular flexibility index (Phi) is 6.62. The second-order valence-electron chi connectivity index (χ2n) is 5.67. The van der Waals surface area contributed by atoms with E-state index in [1.54, 1.807) is 7.11 Å². The van der Waals surface area contributed by atoms with E-state index in [4.69, 9.17) is 4.74 Å². The molecule has 0 aliphatic carbocycles. The van der Waals surface area contributed by atoms with E-state index >= 15 is 0 Å². The van der Waals surface area contributed by atoms with E-state index < -0.39 is 0 Å². The van der Waals surface area contributed by atoms with E-state index in [1.165, 1.54) is 24.0 Å². The highest BCUT2D eigenvalue weighted by atomic mass is 16.5. The van der Waals surface area contributed by atoms with Gasteiger partial charge in [-0.1, -0.05) is 43.7 Å². The smallest absolute Gasteiger partial charge is 0.0968 e. The fraction of sp³-hybridized carbons (Fsp3) is 0.500. The zero-order valence-corrected chi connectivity index (χ0v) is 14.0. The van der Waals surface area contributed by atoms with Crippen LogP contribution in [-0.2, 0) is 18.3 Å². The summed E-state index contributed by atoms with van der Waals surface area (Å²) in [5, 5.41) is 4.65. The van der Waals surface area contributed by atoms with Gasteiger partial charge in [0.15, 0.2) is 0 Å². The van der Waals surface area contributed by atoms with Gasteiger partial charge < -0.3 is 4.74 Å². The van der Waals surface area contributed by atoms with E-state index in [2.05, 4.69) is 47.4 Å². The number of aromatic nitrogens is 2. The van der Waals surface area contributed by atoms with Crippen LogP contribution in [0.2, 0.25) is 0 Å². The second-order valence-corrected chi connectivity index (χ2v) is 5.67. The Morgan fingerprint density at radius 3 is 2.64 bits per heavy atom. The summed E-state index contributed by atoms with van der Waals surface area (Å²) in [6.07, 6.45) is 4.56. The van der Waals surface area contributed by atoms with Crippen molar-refractivity contribution >= 4 is 0 Å². The van der Waals surface area contributed by atoms with E-state index in [9.17, 15) is 0 Å². The minimum absolute atomic E-state index is 0.768. The predicted octanol–water partition coefficient (Wildman–Crippen LogP) is 3.34. The number of aryl methyl sites for hydroxylation is 1. The standard InChI is InChI=1S/C18H27N3O/c1-4-5-11-21(12-13-22-3)15-17-14-20(2)19-18(17)16-9-7-6-8-10-16/h6-10,14H,4-5,11-13,15H2,1-3H3. The third-order valence-electron chi connectivity index (χ3n) is 3.79. The summed E-state index contributed by atoms with van der Waals surface area (Å²) in [6.45, 7) is 5.97. The summed E-state index contributed by atoms with van der Waals surface area (Å²) < 4.78 is 7.16. The van der Waals surface area contributed by atoms with E-state index in [1.807, 2.05) is 17.8 Å². The van der Waals surface area contributed by atoms with Gasteiger partial charge in [0.05, 0.1) is 12.3 Å². The number of methoxy groups -OCH3 is 1. The van der Waals surface area contributed by atoms with Crippen LogP contribution in [0.3, 0.4) is 0 Å². The molecule has 0 amide bonds. The molecular formula is C18H27N3O. The van der Waals surface area contributed by atoms with Crippen molar-refractivity contribution in [3.8, 4) is 11.3 Å². The van der Waals surface area contributed by atoms with Crippen molar-refractivity contribution < 1.29 is 4.74 Å². The fourth-order valence-corrected chi connectivity index (χ4v) is 2.61. The third kappa shape index (κ3) is 4.68. The van der Waals surface area contributed by atoms with Crippen LogP contribution in [0, 0.1) is 0 Å². The van der Waals surface area contributed by atoms with Gasteiger partial charge in [-0.2, -0.15) is 5.10 Å². The quantitative estimate of drug-likeness (QED) is 0.711. The average molecular weight is 301 g/mol. The Morgan fingerprint density at radius 2 is 1.95 bits per heavy atom. The number of unbranched alkanes of at least 4 members (excludes halogenated alkanes) is 1. The molecular weight excluding hydrogens is 274 g/mol. The molecule has 1 heterocycles. The topological polar surface area (TPSA) is 30.3 Å². The Hall–Kier alpha value is -1.65. The van der Waals surface area contributed by atoms with E-state index in [-0.39, 0.29) is 0 Å². The molecule has 4 nitrogen and oxygen atoms in total. The minimum atomic E-state index is 0.768. The van der Waals surface area contributed by atoms with Crippen LogP contribution in [0.25, 0.3) is 11.3 Å². The van der Waals surface area contributed by atoms with E-state index in [0.717, 1.165) is 31.9 Å². The Bertz CT molecular complexity index is 543. The Labute approximate surface area is 133 Å². The van der Waals surface area contributed by atoms with Gasteiger partial charge in [0.25, 0.3) is 0 Å². The van der Waals surface area contributed by atoms with Crippen molar-refractivity contribution in [1.82, 2.24) is 14.7 Å². The molecule has 0 unspecified atom stereocenters. The lowest BCUT2D eigenvalue weighted by Gasteiger charge is -2.21. The molecule has 4 heteroatoms. The first kappa shape index (κ1) is 16.7. The molecule has 0 N–H and O–H groups in total. The van der Waals surface area contributed by atoms with Gasteiger partial charge in [0, 0.05) is 44.6 Å². The van der Waals surface area contributed by atoms with Crippen LogP contribution < -0.4 is 0 Å². The largest absolute Gasteiger partial charge is 0.383 e. The van der Waals surface area contributed by atoms with Crippen molar-refractivity contribution in [3.63, 3.8) is 0 Å². The van der Waals surface area contributed by atoms with Gasteiger partial charge in [-0.25, -0.2) is 0 Å². The number of hydrogen-bond acceptors (Lipinski definition) is 3. The monoisotopic (exact) mass is 301 g/mol. The molecule has 0 radical (unpaired) electrons.